The van der Waals surface area contributed by atoms with Crippen LogP contribution in [0.25, 0.3) is 0 Å². The Bertz CT molecular complexity index is 666. The third-order valence-corrected chi connectivity index (χ3v) is 3.24. The lowest BCUT2D eigenvalue weighted by Crippen LogP contribution is -2.13. The summed E-state index contributed by atoms with van der Waals surface area (Å²) in [5, 5.41) is 2.93. The van der Waals surface area contributed by atoms with E-state index >= 15 is 0 Å². The molecule has 0 aliphatic rings. The lowest BCUT2D eigenvalue weighted by atomic mass is 10.1. The zero-order chi connectivity index (χ0) is 14.7. The molecule has 1 amide bonds. The van der Waals surface area contributed by atoms with Gasteiger partial charge < -0.3 is 11.1 Å². The number of hydrogen-bond acceptors (Lipinski definition) is 3. The van der Waals surface area contributed by atoms with Crippen LogP contribution in [0.3, 0.4) is 0 Å². The second-order valence-corrected chi connectivity index (χ2v) is 4.67. The Morgan fingerprint density at radius 1 is 1.10 bits per heavy atom. The highest BCUT2D eigenvalue weighted by Gasteiger charge is 2.12. The molecule has 0 spiro atoms. The molecule has 2 aromatic rings. The van der Waals surface area contributed by atoms with Crippen LogP contribution in [0.2, 0.25) is 5.02 Å². The van der Waals surface area contributed by atoms with Crippen molar-refractivity contribution in [2.75, 3.05) is 11.1 Å². The minimum Gasteiger partial charge on any atom is -0.398 e. The number of carbonyl (C=O) groups excluding carboxylic acids is 2. The molecular formula is C15H13ClN2O2. The van der Waals surface area contributed by atoms with Gasteiger partial charge in [-0.3, -0.25) is 9.59 Å². The van der Waals surface area contributed by atoms with E-state index in [0.717, 1.165) is 0 Å². The number of amides is 1. The van der Waals surface area contributed by atoms with Gasteiger partial charge in [0, 0.05) is 11.3 Å². The Morgan fingerprint density at radius 3 is 2.35 bits per heavy atom. The number of nitrogens with one attached hydrogen (secondary N) is 1. The van der Waals surface area contributed by atoms with Gasteiger partial charge in [0.15, 0.2) is 5.78 Å². The SMILES string of the molecule is CC(=O)c1ccc(NC(=O)c2cccc(N)c2Cl)cc1. The summed E-state index contributed by atoms with van der Waals surface area (Å²) in [6.45, 7) is 1.49. The van der Waals surface area contributed by atoms with E-state index in [0.29, 0.717) is 22.5 Å². The summed E-state index contributed by atoms with van der Waals surface area (Å²) in [7, 11) is 0. The van der Waals surface area contributed by atoms with Crippen molar-refractivity contribution in [2.45, 2.75) is 6.92 Å². The molecule has 5 heteroatoms. The average Bonchev–Trinajstić information content (AvgIpc) is 2.42. The van der Waals surface area contributed by atoms with Gasteiger partial charge in [-0.2, -0.15) is 0 Å². The summed E-state index contributed by atoms with van der Waals surface area (Å²) >= 11 is 5.99. The number of halogens is 1. The predicted molar refractivity (Wildman–Crippen MR) is 80.3 cm³/mol. The van der Waals surface area contributed by atoms with Crippen molar-refractivity contribution in [3.8, 4) is 0 Å². The molecular weight excluding hydrogens is 276 g/mol. The maximum absolute atomic E-state index is 12.1. The maximum atomic E-state index is 12.1. The monoisotopic (exact) mass is 288 g/mol. The normalized spacial score (nSPS) is 10.1. The van der Waals surface area contributed by atoms with E-state index in [1.807, 2.05) is 0 Å². The molecule has 0 aromatic heterocycles. The van der Waals surface area contributed by atoms with E-state index in [1.165, 1.54) is 6.92 Å². The number of ketones is 1. The predicted octanol–water partition coefficient (Wildman–Crippen LogP) is 3.38. The van der Waals surface area contributed by atoms with Crippen molar-refractivity contribution in [3.63, 3.8) is 0 Å². The quantitative estimate of drug-likeness (QED) is 0.672. The maximum Gasteiger partial charge on any atom is 0.257 e. The molecule has 2 aromatic carbocycles. The van der Waals surface area contributed by atoms with Crippen molar-refractivity contribution >= 4 is 34.7 Å². The van der Waals surface area contributed by atoms with E-state index < -0.39 is 0 Å². The highest BCUT2D eigenvalue weighted by molar-refractivity contribution is 6.36. The van der Waals surface area contributed by atoms with Crippen LogP contribution >= 0.6 is 11.6 Å². The Labute approximate surface area is 121 Å². The Hall–Kier alpha value is -2.33. The molecule has 3 N–H and O–H groups in total. The van der Waals surface area contributed by atoms with Gasteiger partial charge in [-0.05, 0) is 43.3 Å². The largest absolute Gasteiger partial charge is 0.398 e. The molecule has 0 fully saturated rings. The molecule has 4 nitrogen and oxygen atoms in total. The highest BCUT2D eigenvalue weighted by atomic mass is 35.5. The average molecular weight is 289 g/mol. The van der Waals surface area contributed by atoms with Gasteiger partial charge in [-0.15, -0.1) is 0 Å². The summed E-state index contributed by atoms with van der Waals surface area (Å²) in [5.74, 6) is -0.375. The standard InChI is InChI=1S/C15H13ClN2O2/c1-9(19)10-5-7-11(8-6-10)18-15(20)12-3-2-4-13(17)14(12)16/h2-8H,17H2,1H3,(H,18,20). The van der Waals surface area contributed by atoms with E-state index in [9.17, 15) is 9.59 Å². The Kier molecular flexibility index (Phi) is 4.05. The van der Waals surface area contributed by atoms with Crippen LogP contribution in [0.1, 0.15) is 27.6 Å². The molecule has 0 bridgehead atoms. The number of nitrogens with two attached hydrogens (primary N) is 1. The van der Waals surface area contributed by atoms with Crippen molar-refractivity contribution in [3.05, 3.63) is 58.6 Å². The number of Topliss-reactive ketones (excluding diaryl/α,β-unsaturated/α-hetero) is 1. The Morgan fingerprint density at radius 2 is 1.75 bits per heavy atom. The van der Waals surface area contributed by atoms with Crippen molar-refractivity contribution < 1.29 is 9.59 Å². The molecule has 20 heavy (non-hydrogen) atoms. The smallest absolute Gasteiger partial charge is 0.257 e. The summed E-state index contributed by atoms with van der Waals surface area (Å²) in [4.78, 5) is 23.3. The van der Waals surface area contributed by atoms with E-state index in [4.69, 9.17) is 17.3 Å². The minimum atomic E-state index is -0.349. The number of anilines is 2. The molecule has 0 atom stereocenters. The van der Waals surface area contributed by atoms with Gasteiger partial charge in [0.2, 0.25) is 0 Å². The molecule has 0 aliphatic carbocycles. The van der Waals surface area contributed by atoms with E-state index in [1.54, 1.807) is 42.5 Å². The third-order valence-electron chi connectivity index (χ3n) is 2.82. The molecule has 0 saturated heterocycles. The second kappa shape index (κ2) is 5.75. The topological polar surface area (TPSA) is 72.2 Å². The third kappa shape index (κ3) is 2.97. The van der Waals surface area contributed by atoms with Crippen LogP contribution in [0.4, 0.5) is 11.4 Å². The first-order valence-electron chi connectivity index (χ1n) is 5.95. The molecule has 102 valence electrons. The lowest BCUT2D eigenvalue weighted by molar-refractivity contribution is 0.101. The van der Waals surface area contributed by atoms with Gasteiger partial charge >= 0.3 is 0 Å². The number of carbonyl (C=O) groups is 2. The van der Waals surface area contributed by atoms with Crippen molar-refractivity contribution in [2.24, 2.45) is 0 Å². The number of rotatable bonds is 3. The lowest BCUT2D eigenvalue weighted by Gasteiger charge is -2.08. The number of nitrogen functional groups attached to an aromatic ring is 1. The van der Waals surface area contributed by atoms with Crippen LogP contribution in [0.5, 0.6) is 0 Å². The summed E-state index contributed by atoms with van der Waals surface area (Å²) in [5.41, 5.74) is 7.49. The van der Waals surface area contributed by atoms with Crippen LogP contribution in [-0.2, 0) is 0 Å². The van der Waals surface area contributed by atoms with Crippen LogP contribution in [0.15, 0.2) is 42.5 Å². The van der Waals surface area contributed by atoms with Gasteiger partial charge in [-0.1, -0.05) is 17.7 Å². The van der Waals surface area contributed by atoms with Crippen molar-refractivity contribution in [1.29, 1.82) is 0 Å². The fourth-order valence-electron chi connectivity index (χ4n) is 1.71. The fourth-order valence-corrected chi connectivity index (χ4v) is 1.92. The minimum absolute atomic E-state index is 0.0262. The summed E-state index contributed by atoms with van der Waals surface area (Å²) in [6, 6.07) is 11.5. The van der Waals surface area contributed by atoms with Gasteiger partial charge in [-0.25, -0.2) is 0 Å². The van der Waals surface area contributed by atoms with Crippen LogP contribution < -0.4 is 11.1 Å². The first-order valence-corrected chi connectivity index (χ1v) is 6.33. The molecule has 0 heterocycles. The molecule has 0 saturated carbocycles. The molecule has 2 rings (SSSR count). The van der Waals surface area contributed by atoms with Gasteiger partial charge in [0.05, 0.1) is 16.3 Å². The van der Waals surface area contributed by atoms with Crippen LogP contribution in [0, 0.1) is 0 Å². The van der Waals surface area contributed by atoms with Gasteiger partial charge in [0.1, 0.15) is 0 Å². The van der Waals surface area contributed by atoms with E-state index in [-0.39, 0.29) is 16.7 Å². The van der Waals surface area contributed by atoms with E-state index in [2.05, 4.69) is 5.32 Å². The zero-order valence-corrected chi connectivity index (χ0v) is 11.6. The highest BCUT2D eigenvalue weighted by Crippen LogP contribution is 2.24. The van der Waals surface area contributed by atoms with Crippen molar-refractivity contribution in [1.82, 2.24) is 0 Å². The molecule has 0 radical (unpaired) electrons. The molecule has 0 unspecified atom stereocenters. The zero-order valence-electron chi connectivity index (χ0n) is 10.8. The second-order valence-electron chi connectivity index (χ2n) is 4.30. The van der Waals surface area contributed by atoms with Crippen LogP contribution in [-0.4, -0.2) is 11.7 Å². The fraction of sp³-hybridized carbons (Fsp3) is 0.0667. The summed E-state index contributed by atoms with van der Waals surface area (Å²) in [6.07, 6.45) is 0. The number of benzene rings is 2. The first-order chi connectivity index (χ1) is 9.49. The first kappa shape index (κ1) is 14.1. The number of hydrogen-bond donors (Lipinski definition) is 2. The molecule has 0 aliphatic heterocycles. The Balaban J connectivity index is 2.19. The summed E-state index contributed by atoms with van der Waals surface area (Å²) < 4.78 is 0. The van der Waals surface area contributed by atoms with Gasteiger partial charge in [0.25, 0.3) is 5.91 Å².